The van der Waals surface area contributed by atoms with Crippen LogP contribution in [0.2, 0.25) is 0 Å². The molecule has 3 atom stereocenters. The van der Waals surface area contributed by atoms with Crippen LogP contribution in [-0.2, 0) is 19.1 Å². The number of alkyl carbamates (subject to hydrolysis) is 1. The minimum Gasteiger partial charge on any atom is -0.480 e. The van der Waals surface area contributed by atoms with Gasteiger partial charge in [0.05, 0.1) is 0 Å². The highest BCUT2D eigenvalue weighted by Crippen LogP contribution is 2.27. The van der Waals surface area contributed by atoms with Gasteiger partial charge in [0.1, 0.15) is 17.7 Å². The van der Waals surface area contributed by atoms with Crippen LogP contribution < -0.4 is 16.0 Å². The molecule has 9 heteroatoms. The van der Waals surface area contributed by atoms with Gasteiger partial charge in [-0.2, -0.15) is 0 Å². The van der Waals surface area contributed by atoms with Crippen LogP contribution in [0.5, 0.6) is 0 Å². The quantitative estimate of drug-likeness (QED) is 0.470. The normalized spacial score (nSPS) is 22.0. The number of carbonyl (C=O) groups is 4. The van der Waals surface area contributed by atoms with Gasteiger partial charge in [0.15, 0.2) is 0 Å². The number of hydrogen-bond acceptors (Lipinski definition) is 5. The molecule has 30 heavy (non-hydrogen) atoms. The molecule has 1 heterocycles. The van der Waals surface area contributed by atoms with Gasteiger partial charge in [-0.3, -0.25) is 9.59 Å². The van der Waals surface area contributed by atoms with E-state index < -0.39 is 41.6 Å². The van der Waals surface area contributed by atoms with E-state index >= 15 is 0 Å². The predicted molar refractivity (Wildman–Crippen MR) is 110 cm³/mol. The number of rotatable bonds is 8. The molecule has 1 aliphatic carbocycles. The topological polar surface area (TPSA) is 134 Å². The fourth-order valence-corrected chi connectivity index (χ4v) is 4.09. The van der Waals surface area contributed by atoms with Crippen LogP contribution in [0.1, 0.15) is 72.1 Å². The van der Waals surface area contributed by atoms with Gasteiger partial charge in [0.25, 0.3) is 0 Å². The maximum Gasteiger partial charge on any atom is 0.408 e. The molecule has 2 rings (SSSR count). The van der Waals surface area contributed by atoms with Crippen molar-refractivity contribution in [3.8, 4) is 0 Å². The van der Waals surface area contributed by atoms with Gasteiger partial charge in [-0.15, -0.1) is 0 Å². The lowest BCUT2D eigenvalue weighted by Gasteiger charge is -2.28. The SMILES string of the molecule is CC(C)(C)OC(=O)NC(CC1CCCCC1)C(=O)NC(CC1CCNC1=O)C(=O)O. The number of nitrogens with one attached hydrogen (secondary N) is 3. The molecule has 2 aliphatic rings. The number of carbonyl (C=O) groups excluding carboxylic acids is 3. The summed E-state index contributed by atoms with van der Waals surface area (Å²) in [5, 5.41) is 17.4. The first-order valence-corrected chi connectivity index (χ1v) is 10.9. The molecule has 0 bridgehead atoms. The highest BCUT2D eigenvalue weighted by Gasteiger charge is 2.34. The standard InChI is InChI=1S/C21H35N3O6/c1-21(2,3)30-20(29)24-15(11-13-7-5-4-6-8-13)18(26)23-16(19(27)28)12-14-9-10-22-17(14)25/h13-16H,4-12H2,1-3H3,(H,22,25)(H,23,26)(H,24,29)(H,27,28). The van der Waals surface area contributed by atoms with Crippen molar-refractivity contribution in [1.82, 2.24) is 16.0 Å². The van der Waals surface area contributed by atoms with Crippen LogP contribution in [0, 0.1) is 11.8 Å². The fraction of sp³-hybridized carbons (Fsp3) is 0.810. The maximum atomic E-state index is 12.9. The van der Waals surface area contributed by atoms with Crippen LogP contribution >= 0.6 is 0 Å². The summed E-state index contributed by atoms with van der Waals surface area (Å²) in [6.45, 7) is 5.70. The molecule has 1 saturated carbocycles. The molecule has 0 spiro atoms. The van der Waals surface area contributed by atoms with E-state index in [9.17, 15) is 24.3 Å². The van der Waals surface area contributed by atoms with Crippen molar-refractivity contribution in [2.45, 2.75) is 89.8 Å². The Bertz CT molecular complexity index is 639. The Balaban J connectivity index is 2.05. The first-order valence-electron chi connectivity index (χ1n) is 10.9. The molecule has 9 nitrogen and oxygen atoms in total. The Kier molecular flexibility index (Phi) is 8.49. The van der Waals surface area contributed by atoms with E-state index in [1.54, 1.807) is 20.8 Å². The first kappa shape index (κ1) is 24.0. The van der Waals surface area contributed by atoms with Gasteiger partial charge >= 0.3 is 12.1 Å². The van der Waals surface area contributed by atoms with Crippen molar-refractivity contribution in [3.05, 3.63) is 0 Å². The molecular formula is C21H35N3O6. The lowest BCUT2D eigenvalue weighted by Crippen LogP contribution is -2.53. The van der Waals surface area contributed by atoms with Gasteiger partial charge in [-0.1, -0.05) is 32.1 Å². The van der Waals surface area contributed by atoms with Gasteiger partial charge in [-0.05, 0) is 46.0 Å². The van der Waals surface area contributed by atoms with E-state index in [2.05, 4.69) is 16.0 Å². The van der Waals surface area contributed by atoms with Crippen molar-refractivity contribution in [2.75, 3.05) is 6.54 Å². The summed E-state index contributed by atoms with van der Waals surface area (Å²) in [5.41, 5.74) is -0.713. The van der Waals surface area contributed by atoms with E-state index in [1.165, 1.54) is 0 Å². The monoisotopic (exact) mass is 425 g/mol. The number of carboxylic acid groups (broad SMARTS) is 1. The second kappa shape index (κ2) is 10.6. The van der Waals surface area contributed by atoms with Crippen LogP contribution in [-0.4, -0.2) is 53.2 Å². The van der Waals surface area contributed by atoms with Gasteiger partial charge in [-0.25, -0.2) is 9.59 Å². The van der Waals surface area contributed by atoms with Gasteiger partial charge < -0.3 is 25.8 Å². The molecule has 2 fully saturated rings. The molecule has 4 N–H and O–H groups in total. The average Bonchev–Trinajstić information content (AvgIpc) is 3.04. The molecule has 3 amide bonds. The van der Waals surface area contributed by atoms with Crippen LogP contribution in [0.25, 0.3) is 0 Å². The third kappa shape index (κ3) is 7.84. The Morgan fingerprint density at radius 3 is 2.27 bits per heavy atom. The molecule has 170 valence electrons. The van der Waals surface area contributed by atoms with Crippen molar-refractivity contribution >= 4 is 23.9 Å². The first-order chi connectivity index (χ1) is 14.0. The third-order valence-corrected chi connectivity index (χ3v) is 5.60. The van der Waals surface area contributed by atoms with E-state index in [0.717, 1.165) is 32.1 Å². The Hall–Kier alpha value is -2.32. The highest BCUT2D eigenvalue weighted by atomic mass is 16.6. The van der Waals surface area contributed by atoms with Crippen molar-refractivity contribution in [2.24, 2.45) is 11.8 Å². The zero-order valence-corrected chi connectivity index (χ0v) is 18.2. The summed E-state index contributed by atoms with van der Waals surface area (Å²) in [4.78, 5) is 48.7. The minimum absolute atomic E-state index is 0.0233. The lowest BCUT2D eigenvalue weighted by atomic mass is 9.84. The number of hydrogen-bond donors (Lipinski definition) is 4. The molecular weight excluding hydrogens is 390 g/mol. The molecule has 0 aromatic carbocycles. The average molecular weight is 426 g/mol. The zero-order valence-electron chi connectivity index (χ0n) is 18.2. The summed E-state index contributed by atoms with van der Waals surface area (Å²) in [7, 11) is 0. The summed E-state index contributed by atoms with van der Waals surface area (Å²) in [6.07, 6.45) is 5.57. The molecule has 3 unspecified atom stereocenters. The summed E-state index contributed by atoms with van der Waals surface area (Å²) >= 11 is 0. The number of ether oxygens (including phenoxy) is 1. The fourth-order valence-electron chi connectivity index (χ4n) is 4.09. The largest absolute Gasteiger partial charge is 0.480 e. The zero-order chi connectivity index (χ0) is 22.3. The maximum absolute atomic E-state index is 12.9. The summed E-state index contributed by atoms with van der Waals surface area (Å²) in [5.74, 6) is -2.11. The second-order valence-electron chi connectivity index (χ2n) is 9.35. The van der Waals surface area contributed by atoms with E-state index in [-0.39, 0.29) is 18.2 Å². The van der Waals surface area contributed by atoms with Gasteiger partial charge in [0, 0.05) is 12.5 Å². The van der Waals surface area contributed by atoms with Crippen molar-refractivity contribution in [3.63, 3.8) is 0 Å². The lowest BCUT2D eigenvalue weighted by molar-refractivity contribution is -0.143. The van der Waals surface area contributed by atoms with E-state index in [0.29, 0.717) is 19.4 Å². The summed E-state index contributed by atoms with van der Waals surface area (Å²) in [6, 6.07) is -2.08. The Labute approximate surface area is 177 Å². The molecule has 1 aliphatic heterocycles. The Morgan fingerprint density at radius 2 is 1.73 bits per heavy atom. The second-order valence-corrected chi connectivity index (χ2v) is 9.35. The number of carboxylic acids is 1. The Morgan fingerprint density at radius 1 is 1.07 bits per heavy atom. The minimum atomic E-state index is -1.20. The predicted octanol–water partition coefficient (Wildman–Crippen LogP) is 1.95. The molecule has 0 radical (unpaired) electrons. The van der Waals surface area contributed by atoms with Crippen molar-refractivity contribution < 1.29 is 29.0 Å². The van der Waals surface area contributed by atoms with E-state index in [4.69, 9.17) is 4.74 Å². The van der Waals surface area contributed by atoms with Gasteiger partial charge in [0.2, 0.25) is 11.8 Å². The van der Waals surface area contributed by atoms with Crippen LogP contribution in [0.4, 0.5) is 4.79 Å². The molecule has 0 aromatic heterocycles. The number of amides is 3. The smallest absolute Gasteiger partial charge is 0.408 e. The summed E-state index contributed by atoms with van der Waals surface area (Å²) < 4.78 is 5.28. The van der Waals surface area contributed by atoms with Crippen LogP contribution in [0.3, 0.4) is 0 Å². The van der Waals surface area contributed by atoms with E-state index in [1.807, 2.05) is 0 Å². The van der Waals surface area contributed by atoms with Crippen LogP contribution in [0.15, 0.2) is 0 Å². The number of aliphatic carboxylic acids is 1. The third-order valence-electron chi connectivity index (χ3n) is 5.60. The van der Waals surface area contributed by atoms with Crippen molar-refractivity contribution in [1.29, 1.82) is 0 Å². The molecule has 0 aromatic rings. The highest BCUT2D eigenvalue weighted by molar-refractivity contribution is 5.90. The molecule has 1 saturated heterocycles.